The summed E-state index contributed by atoms with van der Waals surface area (Å²) in [5.74, 6) is 1.33. The number of aryl methyl sites for hydroxylation is 2. The lowest BCUT2D eigenvalue weighted by Gasteiger charge is -2.27. The fourth-order valence-electron chi connectivity index (χ4n) is 2.73. The van der Waals surface area contributed by atoms with Crippen molar-refractivity contribution in [3.8, 4) is 0 Å². The van der Waals surface area contributed by atoms with Gasteiger partial charge in [0, 0.05) is 24.3 Å². The number of halogens is 1. The highest BCUT2D eigenvalue weighted by molar-refractivity contribution is 5.43. The van der Waals surface area contributed by atoms with Gasteiger partial charge in [0.1, 0.15) is 17.5 Å². The molecule has 5 heteroatoms. The lowest BCUT2D eigenvalue weighted by Crippen LogP contribution is -2.32. The first-order valence-electron chi connectivity index (χ1n) is 8.11. The summed E-state index contributed by atoms with van der Waals surface area (Å²) in [4.78, 5) is 11.1. The summed E-state index contributed by atoms with van der Waals surface area (Å²) in [7, 11) is 0. The van der Waals surface area contributed by atoms with Gasteiger partial charge in [-0.2, -0.15) is 0 Å². The molecule has 1 aromatic heterocycles. The Morgan fingerprint density at radius 3 is 2.57 bits per heavy atom. The summed E-state index contributed by atoms with van der Waals surface area (Å²) >= 11 is 0. The summed E-state index contributed by atoms with van der Waals surface area (Å²) in [6, 6.07) is 8.45. The molecule has 1 heterocycles. The van der Waals surface area contributed by atoms with Crippen molar-refractivity contribution in [1.82, 2.24) is 9.97 Å². The van der Waals surface area contributed by atoms with Crippen molar-refractivity contribution in [2.24, 2.45) is 0 Å². The summed E-state index contributed by atoms with van der Waals surface area (Å²) in [5, 5.41) is 10.5. The highest BCUT2D eigenvalue weighted by atomic mass is 19.1. The predicted octanol–water partition coefficient (Wildman–Crippen LogP) is 3.19. The zero-order valence-corrected chi connectivity index (χ0v) is 13.5. The first-order chi connectivity index (χ1) is 11.1. The lowest BCUT2D eigenvalue weighted by molar-refractivity contribution is 0.182. The Bertz CT molecular complexity index is 670. The van der Waals surface area contributed by atoms with Crippen LogP contribution in [-0.4, -0.2) is 27.7 Å². The third-order valence-corrected chi connectivity index (χ3v) is 4.15. The molecule has 3 rings (SSSR count). The molecule has 0 spiro atoms. The van der Waals surface area contributed by atoms with Gasteiger partial charge in [0.05, 0.1) is 6.10 Å². The van der Waals surface area contributed by atoms with Crippen LogP contribution in [0, 0.1) is 12.7 Å². The molecule has 1 aliphatic carbocycles. The smallest absolute Gasteiger partial charge is 0.132 e. The summed E-state index contributed by atoms with van der Waals surface area (Å²) in [5.41, 5.74) is 1.73. The number of aliphatic hydroxyl groups excluding tert-OH is 1. The van der Waals surface area contributed by atoms with Gasteiger partial charge < -0.3 is 10.0 Å². The molecule has 1 aromatic carbocycles. The number of aliphatic hydroxyl groups is 1. The van der Waals surface area contributed by atoms with Gasteiger partial charge in [-0.1, -0.05) is 19.1 Å². The van der Waals surface area contributed by atoms with E-state index < -0.39 is 6.10 Å². The van der Waals surface area contributed by atoms with E-state index in [4.69, 9.17) is 0 Å². The van der Waals surface area contributed by atoms with E-state index in [0.717, 1.165) is 42.2 Å². The van der Waals surface area contributed by atoms with E-state index >= 15 is 0 Å². The molecule has 1 atom stereocenters. The van der Waals surface area contributed by atoms with Crippen LogP contribution in [0.2, 0.25) is 0 Å². The van der Waals surface area contributed by atoms with Crippen molar-refractivity contribution in [3.63, 3.8) is 0 Å². The maximum absolute atomic E-state index is 13.0. The summed E-state index contributed by atoms with van der Waals surface area (Å²) < 4.78 is 13.0. The maximum Gasteiger partial charge on any atom is 0.132 e. The molecule has 0 saturated heterocycles. The highest BCUT2D eigenvalue weighted by Crippen LogP contribution is 2.32. The van der Waals surface area contributed by atoms with Gasteiger partial charge in [-0.25, -0.2) is 14.4 Å². The molecule has 1 saturated carbocycles. The summed E-state index contributed by atoms with van der Waals surface area (Å²) in [6.07, 6.45) is 2.41. The molecular weight excluding hydrogens is 293 g/mol. The van der Waals surface area contributed by atoms with Crippen LogP contribution in [0.15, 0.2) is 30.3 Å². The van der Waals surface area contributed by atoms with Gasteiger partial charge in [0.25, 0.3) is 0 Å². The van der Waals surface area contributed by atoms with E-state index in [1.807, 2.05) is 13.0 Å². The highest BCUT2D eigenvalue weighted by Gasteiger charge is 2.32. The first kappa shape index (κ1) is 15.9. The van der Waals surface area contributed by atoms with Gasteiger partial charge in [0.15, 0.2) is 0 Å². The van der Waals surface area contributed by atoms with Crippen molar-refractivity contribution in [1.29, 1.82) is 0 Å². The Hall–Kier alpha value is -2.01. The largest absolute Gasteiger partial charge is 0.387 e. The van der Waals surface area contributed by atoms with Crippen LogP contribution in [-0.2, 0) is 6.42 Å². The van der Waals surface area contributed by atoms with Crippen molar-refractivity contribution >= 4 is 5.82 Å². The molecule has 1 fully saturated rings. The van der Waals surface area contributed by atoms with Gasteiger partial charge in [0.2, 0.25) is 0 Å². The number of nitrogens with zero attached hydrogens (tertiary/aromatic N) is 3. The molecule has 0 bridgehead atoms. The van der Waals surface area contributed by atoms with Crippen LogP contribution in [0.25, 0.3) is 0 Å². The molecule has 0 radical (unpaired) electrons. The second-order valence-corrected chi connectivity index (χ2v) is 6.07. The van der Waals surface area contributed by atoms with Crippen LogP contribution in [0.5, 0.6) is 0 Å². The van der Waals surface area contributed by atoms with E-state index in [9.17, 15) is 9.50 Å². The molecule has 1 aliphatic rings. The second kappa shape index (κ2) is 6.62. The van der Waals surface area contributed by atoms with E-state index in [1.165, 1.54) is 12.1 Å². The lowest BCUT2D eigenvalue weighted by atomic mass is 10.1. The van der Waals surface area contributed by atoms with Gasteiger partial charge in [-0.15, -0.1) is 0 Å². The quantitative estimate of drug-likeness (QED) is 0.889. The maximum atomic E-state index is 13.0. The van der Waals surface area contributed by atoms with E-state index in [2.05, 4.69) is 21.8 Å². The van der Waals surface area contributed by atoms with Crippen LogP contribution in [0.3, 0.4) is 0 Å². The number of anilines is 1. The minimum Gasteiger partial charge on any atom is -0.387 e. The van der Waals surface area contributed by atoms with Crippen molar-refractivity contribution in [3.05, 3.63) is 53.2 Å². The van der Waals surface area contributed by atoms with Crippen molar-refractivity contribution < 1.29 is 9.50 Å². The Balaban J connectivity index is 1.82. The molecule has 1 N–H and O–H groups in total. The predicted molar refractivity (Wildman–Crippen MR) is 87.9 cm³/mol. The fraction of sp³-hybridized carbons (Fsp3) is 0.444. The first-order valence-corrected chi connectivity index (χ1v) is 8.11. The van der Waals surface area contributed by atoms with Crippen LogP contribution < -0.4 is 4.90 Å². The zero-order valence-electron chi connectivity index (χ0n) is 13.5. The normalized spacial score (nSPS) is 15.5. The Morgan fingerprint density at radius 1 is 1.26 bits per heavy atom. The van der Waals surface area contributed by atoms with Gasteiger partial charge in [-0.3, -0.25) is 0 Å². The van der Waals surface area contributed by atoms with Crippen molar-refractivity contribution in [2.45, 2.75) is 45.3 Å². The topological polar surface area (TPSA) is 49.2 Å². The molecule has 2 aromatic rings. The minimum absolute atomic E-state index is 0.293. The third-order valence-electron chi connectivity index (χ3n) is 4.15. The molecule has 23 heavy (non-hydrogen) atoms. The average molecular weight is 315 g/mol. The third kappa shape index (κ3) is 3.85. The molecular formula is C18H22FN3O. The molecule has 4 nitrogen and oxygen atoms in total. The minimum atomic E-state index is -0.670. The zero-order chi connectivity index (χ0) is 16.4. The summed E-state index contributed by atoms with van der Waals surface area (Å²) in [6.45, 7) is 4.42. The monoisotopic (exact) mass is 315 g/mol. The number of hydrogen-bond acceptors (Lipinski definition) is 4. The Kier molecular flexibility index (Phi) is 4.57. The number of rotatable bonds is 6. The van der Waals surface area contributed by atoms with Gasteiger partial charge >= 0.3 is 0 Å². The molecule has 0 amide bonds. The standard InChI is InChI=1S/C18H22FN3O/c1-3-15-10-18(21-12(2)20-15)22(16-8-9-16)11-17(23)13-4-6-14(19)7-5-13/h4-7,10,16-17,23H,3,8-9,11H2,1-2H3. The van der Waals surface area contributed by atoms with Crippen LogP contribution >= 0.6 is 0 Å². The molecule has 0 aliphatic heterocycles. The van der Waals surface area contributed by atoms with E-state index in [-0.39, 0.29) is 5.82 Å². The van der Waals surface area contributed by atoms with Crippen LogP contribution in [0.1, 0.15) is 43.0 Å². The van der Waals surface area contributed by atoms with E-state index in [1.54, 1.807) is 12.1 Å². The molecule has 122 valence electrons. The second-order valence-electron chi connectivity index (χ2n) is 6.07. The van der Waals surface area contributed by atoms with Gasteiger partial charge in [-0.05, 0) is 43.9 Å². The van der Waals surface area contributed by atoms with Crippen molar-refractivity contribution in [2.75, 3.05) is 11.4 Å². The Morgan fingerprint density at radius 2 is 1.96 bits per heavy atom. The number of benzene rings is 1. The van der Waals surface area contributed by atoms with E-state index in [0.29, 0.717) is 12.6 Å². The number of aromatic nitrogens is 2. The fourth-order valence-corrected chi connectivity index (χ4v) is 2.73. The number of hydrogen-bond donors (Lipinski definition) is 1. The average Bonchev–Trinajstić information content (AvgIpc) is 3.37. The van der Waals surface area contributed by atoms with Crippen LogP contribution in [0.4, 0.5) is 10.2 Å². The molecule has 1 unspecified atom stereocenters. The SMILES string of the molecule is CCc1cc(N(CC(O)c2ccc(F)cc2)C2CC2)nc(C)n1. The Labute approximate surface area is 136 Å².